The molecule has 15 nitrogen and oxygen atoms in total. The molecule has 0 radical (unpaired) electrons. The molecule has 15 heteroatoms. The van der Waals surface area contributed by atoms with Crippen molar-refractivity contribution in [2.75, 3.05) is 34.8 Å². The molecule has 0 bridgehead atoms. The van der Waals surface area contributed by atoms with Crippen molar-refractivity contribution >= 4 is 11.9 Å². The molecule has 0 amide bonds. The molecule has 3 aliphatic heterocycles. The van der Waals surface area contributed by atoms with Crippen LogP contribution in [-0.4, -0.2) is 167 Å². The lowest BCUT2D eigenvalue weighted by Crippen LogP contribution is -2.61. The van der Waals surface area contributed by atoms with Crippen molar-refractivity contribution in [1.29, 1.82) is 0 Å². The Balaban J connectivity index is 2.23. The maximum Gasteiger partial charge on any atom is 0.311 e. The summed E-state index contributed by atoms with van der Waals surface area (Å²) in [4.78, 5) is 31.1. The molecule has 328 valence electrons. The number of esters is 2. The van der Waals surface area contributed by atoms with Gasteiger partial charge in [-0.2, -0.15) is 0 Å². The summed E-state index contributed by atoms with van der Waals surface area (Å²) in [5, 5.41) is 47.0. The Kier molecular flexibility index (Phi) is 17.2. The SMILES string of the molecule is CCC(=O)O[C@H]1[C@H](O[C@@H]2[C@@H](C)[C@H](O[C@H]3C[C@@](C)(OC)[C@@H](O)[C@H](C)O3)[C@@H](C)C(=O)O[C@H](CC)[C@@](C)(O)[C@H](O)[C@@H](C)N(C)C[C@H](C)C[C@@]2(C)O)O[C@H](C)C[C@H]1N(C)C. The highest BCUT2D eigenvalue weighted by atomic mass is 16.7. The minimum Gasteiger partial charge on any atom is -0.459 e. The monoisotopic (exact) mass is 805 g/mol. The van der Waals surface area contributed by atoms with Gasteiger partial charge in [-0.25, -0.2) is 0 Å². The Hall–Kier alpha value is -1.50. The highest BCUT2D eigenvalue weighted by Gasteiger charge is 2.53. The number of nitrogens with zero attached hydrogens (tertiary/aromatic N) is 2. The minimum atomic E-state index is -1.82. The van der Waals surface area contributed by atoms with E-state index in [0.29, 0.717) is 13.0 Å². The van der Waals surface area contributed by atoms with Gasteiger partial charge in [0.15, 0.2) is 18.7 Å². The number of likely N-dealkylation sites (N-methyl/N-ethyl adjacent to an activating group) is 2. The van der Waals surface area contributed by atoms with Crippen LogP contribution in [0.1, 0.15) is 108 Å². The van der Waals surface area contributed by atoms with Crippen molar-refractivity contribution in [3.8, 4) is 0 Å². The molecule has 56 heavy (non-hydrogen) atoms. The first-order chi connectivity index (χ1) is 25.8. The topological polar surface area (TPSA) is 186 Å². The zero-order valence-corrected chi connectivity index (χ0v) is 36.8. The van der Waals surface area contributed by atoms with Gasteiger partial charge >= 0.3 is 11.9 Å². The molecular formula is C41H76N2O13. The van der Waals surface area contributed by atoms with E-state index >= 15 is 0 Å². The molecule has 3 fully saturated rings. The number of cyclic esters (lactones) is 1. The van der Waals surface area contributed by atoms with Gasteiger partial charge in [0, 0.05) is 38.5 Å². The van der Waals surface area contributed by atoms with Gasteiger partial charge in [0.25, 0.3) is 0 Å². The van der Waals surface area contributed by atoms with Crippen LogP contribution in [0.25, 0.3) is 0 Å². The fourth-order valence-electron chi connectivity index (χ4n) is 9.08. The van der Waals surface area contributed by atoms with Crippen molar-refractivity contribution in [2.24, 2.45) is 17.8 Å². The average Bonchev–Trinajstić information content (AvgIpc) is 3.12. The lowest BCUT2D eigenvalue weighted by atomic mass is 9.77. The van der Waals surface area contributed by atoms with Crippen LogP contribution in [-0.2, 0) is 42.7 Å². The Morgan fingerprint density at radius 2 is 1.57 bits per heavy atom. The number of carbonyl (C=O) groups excluding carboxylic acids is 2. The van der Waals surface area contributed by atoms with E-state index in [2.05, 4.69) is 0 Å². The summed E-state index contributed by atoms with van der Waals surface area (Å²) in [7, 11) is 7.15. The summed E-state index contributed by atoms with van der Waals surface area (Å²) in [6.45, 7) is 19.7. The smallest absolute Gasteiger partial charge is 0.311 e. The molecule has 0 aromatic heterocycles. The Morgan fingerprint density at radius 1 is 0.946 bits per heavy atom. The van der Waals surface area contributed by atoms with Crippen molar-refractivity contribution in [2.45, 2.75) is 199 Å². The van der Waals surface area contributed by atoms with Gasteiger partial charge in [0.1, 0.15) is 23.9 Å². The molecule has 0 aromatic carbocycles. The molecule has 0 aromatic rings. The van der Waals surface area contributed by atoms with E-state index in [4.69, 9.17) is 33.2 Å². The second-order valence-electron chi connectivity index (χ2n) is 18.0. The summed E-state index contributed by atoms with van der Waals surface area (Å²) in [6.07, 6.45) is -8.12. The van der Waals surface area contributed by atoms with Gasteiger partial charge < -0.3 is 63.4 Å². The maximum absolute atomic E-state index is 14.3. The van der Waals surface area contributed by atoms with E-state index in [-0.39, 0.29) is 43.7 Å². The van der Waals surface area contributed by atoms with Gasteiger partial charge in [-0.3, -0.25) is 9.59 Å². The molecule has 0 aliphatic carbocycles. The Bertz CT molecular complexity index is 1270. The molecular weight excluding hydrogens is 728 g/mol. The number of hydrogen-bond acceptors (Lipinski definition) is 15. The lowest BCUT2D eigenvalue weighted by Gasteiger charge is -2.49. The molecule has 0 unspecified atom stereocenters. The highest BCUT2D eigenvalue weighted by Crippen LogP contribution is 2.40. The first-order valence-corrected chi connectivity index (χ1v) is 20.6. The van der Waals surface area contributed by atoms with Crippen molar-refractivity contribution in [1.82, 2.24) is 9.80 Å². The van der Waals surface area contributed by atoms with E-state index in [0.717, 1.165) is 0 Å². The number of carbonyl (C=O) groups is 2. The summed E-state index contributed by atoms with van der Waals surface area (Å²) >= 11 is 0. The molecule has 3 heterocycles. The van der Waals surface area contributed by atoms with Gasteiger partial charge in [-0.1, -0.05) is 27.7 Å². The summed E-state index contributed by atoms with van der Waals surface area (Å²) in [5.41, 5.74) is -4.46. The number of aliphatic hydroxyl groups excluding tert-OH is 2. The van der Waals surface area contributed by atoms with Crippen molar-refractivity contribution in [3.63, 3.8) is 0 Å². The van der Waals surface area contributed by atoms with E-state index in [1.54, 1.807) is 48.5 Å². The molecule has 3 aliphatic rings. The Labute approximate surface area is 335 Å². The first kappa shape index (κ1) is 48.9. The minimum absolute atomic E-state index is 0.116. The third kappa shape index (κ3) is 11.2. The summed E-state index contributed by atoms with van der Waals surface area (Å²) in [5.74, 6) is -3.11. The zero-order valence-electron chi connectivity index (χ0n) is 36.8. The van der Waals surface area contributed by atoms with Crippen LogP contribution in [0, 0.1) is 17.8 Å². The van der Waals surface area contributed by atoms with Gasteiger partial charge in [0.2, 0.25) is 0 Å². The van der Waals surface area contributed by atoms with Crippen molar-refractivity contribution in [3.05, 3.63) is 0 Å². The van der Waals surface area contributed by atoms with Crippen LogP contribution in [0.2, 0.25) is 0 Å². The largest absolute Gasteiger partial charge is 0.459 e. The third-order valence-electron chi connectivity index (χ3n) is 12.7. The zero-order chi connectivity index (χ0) is 42.7. The molecule has 4 N–H and O–H groups in total. The van der Waals surface area contributed by atoms with E-state index < -0.39 is 102 Å². The van der Waals surface area contributed by atoms with E-state index in [1.165, 1.54) is 14.0 Å². The van der Waals surface area contributed by atoms with Crippen LogP contribution < -0.4 is 0 Å². The first-order valence-electron chi connectivity index (χ1n) is 20.6. The second kappa shape index (κ2) is 19.7. The van der Waals surface area contributed by atoms with Crippen LogP contribution in [0.3, 0.4) is 0 Å². The van der Waals surface area contributed by atoms with E-state index in [9.17, 15) is 30.0 Å². The average molecular weight is 805 g/mol. The number of rotatable bonds is 9. The normalized spacial score (nSPS) is 46.8. The van der Waals surface area contributed by atoms with E-state index in [1.807, 2.05) is 51.7 Å². The highest BCUT2D eigenvalue weighted by molar-refractivity contribution is 5.73. The molecule has 3 rings (SSSR count). The van der Waals surface area contributed by atoms with Gasteiger partial charge in [0.05, 0.1) is 47.6 Å². The predicted molar refractivity (Wildman–Crippen MR) is 208 cm³/mol. The molecule has 0 spiro atoms. The Morgan fingerprint density at radius 3 is 2.12 bits per heavy atom. The number of methoxy groups -OCH3 is 1. The molecule has 18 atom stereocenters. The van der Waals surface area contributed by atoms with Gasteiger partial charge in [-0.05, 0) is 94.8 Å². The number of ether oxygens (including phenoxy) is 7. The third-order valence-corrected chi connectivity index (χ3v) is 12.7. The quantitative estimate of drug-likeness (QED) is 0.249. The van der Waals surface area contributed by atoms with Crippen molar-refractivity contribution < 1.29 is 63.2 Å². The molecule has 0 saturated carbocycles. The summed E-state index contributed by atoms with van der Waals surface area (Å²) in [6, 6.07) is -0.822. The van der Waals surface area contributed by atoms with Crippen LogP contribution in [0.4, 0.5) is 0 Å². The number of aliphatic hydroxyl groups is 4. The predicted octanol–water partition coefficient (Wildman–Crippen LogP) is 2.86. The van der Waals surface area contributed by atoms with Crippen LogP contribution in [0.15, 0.2) is 0 Å². The van der Waals surface area contributed by atoms with Crippen LogP contribution >= 0.6 is 0 Å². The fourth-order valence-corrected chi connectivity index (χ4v) is 9.08. The standard InChI is InChI=1S/C41H76N2O13/c1-16-29-41(11,49)34(45)26(7)43(14)21-22(3)19-39(9,48)36(56-38-33(54-30(44)17-2)28(42(12)13)18-23(4)51-38)24(5)32(25(6)37(47)53-29)55-31-20-40(10,50-15)35(46)27(8)52-31/h22-29,31-36,38,45-46,48-49H,16-21H2,1-15H3/t22-,23-,24+,25-,26-,27+,28-,29-,31+,32+,33-,34-,35+,36-,38+,39-,40-,41-/m1/s1. The maximum atomic E-state index is 14.3. The van der Waals surface area contributed by atoms with Crippen LogP contribution in [0.5, 0.6) is 0 Å². The molecule has 3 saturated heterocycles. The second-order valence-corrected chi connectivity index (χ2v) is 18.0. The lowest BCUT2D eigenvalue weighted by molar-refractivity contribution is -0.319. The fraction of sp³-hybridized carbons (Fsp3) is 0.951. The number of hydrogen-bond donors (Lipinski definition) is 4. The summed E-state index contributed by atoms with van der Waals surface area (Å²) < 4.78 is 44.1. The van der Waals surface area contributed by atoms with Gasteiger partial charge in [-0.15, -0.1) is 0 Å².